The summed E-state index contributed by atoms with van der Waals surface area (Å²) < 4.78 is 4.61. The minimum atomic E-state index is -0.387. The number of anilines is 1. The smallest absolute Gasteiger partial charge is 0.407 e. The molecule has 0 aromatic carbocycles. The predicted octanol–water partition coefficient (Wildman–Crippen LogP) is 1.20. The van der Waals surface area contributed by atoms with Crippen molar-refractivity contribution in [3.63, 3.8) is 0 Å². The van der Waals surface area contributed by atoms with Crippen LogP contribution in [0.3, 0.4) is 0 Å². The lowest BCUT2D eigenvalue weighted by molar-refractivity contribution is 0.166. The number of nitrogens with one attached hydrogen (secondary N) is 1. The Morgan fingerprint density at radius 1 is 1.62 bits per heavy atom. The zero-order chi connectivity index (χ0) is 14.8. The average Bonchev–Trinajstić information content (AvgIpc) is 3.08. The number of hydrogen-bond donors (Lipinski definition) is 2. The molecule has 3 N–H and O–H groups in total. The van der Waals surface area contributed by atoms with Crippen molar-refractivity contribution in [2.24, 2.45) is 0 Å². The molecule has 0 aliphatic carbocycles. The number of aromatic nitrogens is 2. The number of nitrogen functional groups attached to an aromatic ring is 1. The van der Waals surface area contributed by atoms with Crippen molar-refractivity contribution in [2.45, 2.75) is 19.0 Å². The first-order valence-electron chi connectivity index (χ1n) is 6.72. The number of amides is 1. The molecule has 2 aromatic heterocycles. The highest BCUT2D eigenvalue weighted by Gasteiger charge is 2.25. The van der Waals surface area contributed by atoms with Crippen LogP contribution in [0.4, 0.5) is 10.6 Å². The number of ether oxygens (including phenoxy) is 1. The largest absolute Gasteiger partial charge is 0.453 e. The summed E-state index contributed by atoms with van der Waals surface area (Å²) in [4.78, 5) is 23.2. The number of hydrogen-bond acceptors (Lipinski definition) is 7. The summed E-state index contributed by atoms with van der Waals surface area (Å²) in [6.45, 7) is 2.29. The number of nitrogens with zero attached hydrogens (tertiary/aromatic N) is 3. The molecule has 0 spiro atoms. The zero-order valence-electron chi connectivity index (χ0n) is 11.7. The Labute approximate surface area is 126 Å². The molecule has 1 saturated heterocycles. The van der Waals surface area contributed by atoms with Crippen LogP contribution >= 0.6 is 11.3 Å². The highest BCUT2D eigenvalue weighted by Crippen LogP contribution is 2.23. The molecule has 7 nitrogen and oxygen atoms in total. The molecule has 112 valence electrons. The van der Waals surface area contributed by atoms with Crippen molar-refractivity contribution in [3.8, 4) is 0 Å². The number of rotatable bonds is 3. The highest BCUT2D eigenvalue weighted by atomic mass is 32.1. The molecule has 3 rings (SSSR count). The van der Waals surface area contributed by atoms with E-state index >= 15 is 0 Å². The molecule has 3 heterocycles. The van der Waals surface area contributed by atoms with Gasteiger partial charge in [-0.1, -0.05) is 0 Å². The Balaban J connectivity index is 1.65. The van der Waals surface area contributed by atoms with Gasteiger partial charge in [0.05, 0.1) is 19.0 Å². The van der Waals surface area contributed by atoms with Crippen molar-refractivity contribution >= 4 is 33.5 Å². The summed E-state index contributed by atoms with van der Waals surface area (Å²) >= 11 is 1.56. The van der Waals surface area contributed by atoms with Crippen molar-refractivity contribution in [2.75, 3.05) is 25.9 Å². The van der Waals surface area contributed by atoms with Crippen molar-refractivity contribution in [1.82, 2.24) is 20.2 Å². The number of thiophene rings is 1. The maximum Gasteiger partial charge on any atom is 0.407 e. The van der Waals surface area contributed by atoms with Crippen LogP contribution in [0, 0.1) is 0 Å². The van der Waals surface area contributed by atoms with E-state index < -0.39 is 0 Å². The quantitative estimate of drug-likeness (QED) is 0.885. The van der Waals surface area contributed by atoms with Gasteiger partial charge in [-0.15, -0.1) is 11.3 Å². The Bertz CT molecular complexity index is 659. The Kier molecular flexibility index (Phi) is 3.89. The van der Waals surface area contributed by atoms with Gasteiger partial charge in [0.15, 0.2) is 0 Å². The van der Waals surface area contributed by atoms with E-state index in [4.69, 9.17) is 5.73 Å². The van der Waals surface area contributed by atoms with Crippen LogP contribution < -0.4 is 11.1 Å². The normalized spacial score (nSPS) is 19.0. The van der Waals surface area contributed by atoms with Crippen molar-refractivity contribution in [1.29, 1.82) is 0 Å². The average molecular weight is 307 g/mol. The summed E-state index contributed by atoms with van der Waals surface area (Å²) in [6, 6.07) is 2.05. The third kappa shape index (κ3) is 3.06. The molecule has 1 unspecified atom stereocenters. The van der Waals surface area contributed by atoms with E-state index in [1.54, 1.807) is 11.3 Å². The second-order valence-electron chi connectivity index (χ2n) is 5.02. The second kappa shape index (κ2) is 5.82. The fourth-order valence-electron chi connectivity index (χ4n) is 2.51. The van der Waals surface area contributed by atoms with Gasteiger partial charge in [-0.2, -0.15) is 0 Å². The van der Waals surface area contributed by atoms with Crippen molar-refractivity contribution in [3.05, 3.63) is 17.3 Å². The van der Waals surface area contributed by atoms with E-state index in [0.717, 1.165) is 35.6 Å². The fourth-order valence-corrected chi connectivity index (χ4v) is 3.31. The first kappa shape index (κ1) is 14.0. The Morgan fingerprint density at radius 2 is 2.48 bits per heavy atom. The number of fused-ring (bicyclic) bond motifs is 1. The van der Waals surface area contributed by atoms with Crippen LogP contribution in [0.5, 0.6) is 0 Å². The predicted molar refractivity (Wildman–Crippen MR) is 81.1 cm³/mol. The van der Waals surface area contributed by atoms with E-state index in [1.807, 2.05) is 11.4 Å². The van der Waals surface area contributed by atoms with Crippen LogP contribution in [0.15, 0.2) is 11.4 Å². The molecule has 0 radical (unpaired) electrons. The third-order valence-corrected chi connectivity index (χ3v) is 4.35. The number of nitrogens with two attached hydrogens (primary N) is 1. The standard InChI is InChI=1S/C13H17N5O2S/c1-20-13(19)15-8-2-4-18(6-8)7-10-16-11(14)9-3-5-21-12(9)17-10/h3,5,8H,2,4,6-7H2,1H3,(H,15,19)(H2,14,16,17). The third-order valence-electron chi connectivity index (χ3n) is 3.55. The van der Waals surface area contributed by atoms with Gasteiger partial charge >= 0.3 is 6.09 Å². The van der Waals surface area contributed by atoms with Gasteiger partial charge in [0.1, 0.15) is 16.5 Å². The van der Waals surface area contributed by atoms with Crippen molar-refractivity contribution < 1.29 is 9.53 Å². The van der Waals surface area contributed by atoms with E-state index in [2.05, 4.69) is 24.9 Å². The van der Waals surface area contributed by atoms with Crippen LogP contribution in [0.25, 0.3) is 10.2 Å². The maximum absolute atomic E-state index is 11.2. The molecule has 1 fully saturated rings. The molecule has 1 aliphatic rings. The van der Waals surface area contributed by atoms with Crippen LogP contribution in [-0.4, -0.2) is 47.2 Å². The van der Waals surface area contributed by atoms with Gasteiger partial charge in [-0.3, -0.25) is 4.90 Å². The number of methoxy groups -OCH3 is 1. The van der Waals surface area contributed by atoms with Crippen LogP contribution in [-0.2, 0) is 11.3 Å². The monoisotopic (exact) mass is 307 g/mol. The molecule has 1 amide bonds. The summed E-state index contributed by atoms with van der Waals surface area (Å²) in [5.74, 6) is 1.25. The molecule has 2 aromatic rings. The van der Waals surface area contributed by atoms with Gasteiger partial charge in [-0.25, -0.2) is 14.8 Å². The molecule has 21 heavy (non-hydrogen) atoms. The summed E-state index contributed by atoms with van der Waals surface area (Å²) in [7, 11) is 1.37. The molecular formula is C13H17N5O2S. The molecule has 1 atom stereocenters. The lowest BCUT2D eigenvalue weighted by atomic mass is 10.3. The SMILES string of the molecule is COC(=O)NC1CCN(Cc2nc(N)c3ccsc3n2)C1. The maximum atomic E-state index is 11.2. The minimum Gasteiger partial charge on any atom is -0.453 e. The lowest BCUT2D eigenvalue weighted by Crippen LogP contribution is -2.36. The minimum absolute atomic E-state index is 0.111. The highest BCUT2D eigenvalue weighted by molar-refractivity contribution is 7.16. The molecule has 0 bridgehead atoms. The number of carbonyl (C=O) groups excluding carboxylic acids is 1. The first-order chi connectivity index (χ1) is 10.2. The zero-order valence-corrected chi connectivity index (χ0v) is 12.5. The first-order valence-corrected chi connectivity index (χ1v) is 7.60. The molecule has 8 heteroatoms. The topological polar surface area (TPSA) is 93.4 Å². The Hall–Kier alpha value is -1.93. The number of carbonyl (C=O) groups is 1. The molecule has 1 aliphatic heterocycles. The second-order valence-corrected chi connectivity index (χ2v) is 5.92. The van der Waals surface area contributed by atoms with E-state index in [-0.39, 0.29) is 12.1 Å². The lowest BCUT2D eigenvalue weighted by Gasteiger charge is -2.15. The van der Waals surface area contributed by atoms with E-state index in [0.29, 0.717) is 12.4 Å². The van der Waals surface area contributed by atoms with Gasteiger partial charge in [0, 0.05) is 19.1 Å². The number of likely N-dealkylation sites (tertiary alicyclic amines) is 1. The molecule has 0 saturated carbocycles. The summed E-state index contributed by atoms with van der Waals surface area (Å²) in [5, 5.41) is 5.69. The van der Waals surface area contributed by atoms with Gasteiger partial charge in [-0.05, 0) is 17.9 Å². The summed E-state index contributed by atoms with van der Waals surface area (Å²) in [5.41, 5.74) is 5.95. The Morgan fingerprint density at radius 3 is 3.29 bits per heavy atom. The van der Waals surface area contributed by atoms with Crippen LogP contribution in [0.1, 0.15) is 12.2 Å². The van der Waals surface area contributed by atoms with Gasteiger partial charge < -0.3 is 15.8 Å². The van der Waals surface area contributed by atoms with Gasteiger partial charge in [0.2, 0.25) is 0 Å². The van der Waals surface area contributed by atoms with Gasteiger partial charge in [0.25, 0.3) is 0 Å². The van der Waals surface area contributed by atoms with E-state index in [9.17, 15) is 4.79 Å². The fraction of sp³-hybridized carbons (Fsp3) is 0.462. The van der Waals surface area contributed by atoms with Crippen LogP contribution in [0.2, 0.25) is 0 Å². The molecular weight excluding hydrogens is 290 g/mol. The number of alkyl carbamates (subject to hydrolysis) is 1. The van der Waals surface area contributed by atoms with E-state index in [1.165, 1.54) is 7.11 Å². The summed E-state index contributed by atoms with van der Waals surface area (Å²) in [6.07, 6.45) is 0.508.